The van der Waals surface area contributed by atoms with Crippen LogP contribution >= 0.6 is 0 Å². The minimum absolute atomic E-state index is 0.0612. The zero-order valence-electron chi connectivity index (χ0n) is 29.3. The summed E-state index contributed by atoms with van der Waals surface area (Å²) in [4.78, 5) is 35.2. The van der Waals surface area contributed by atoms with Crippen LogP contribution in [0.25, 0.3) is 0 Å². The van der Waals surface area contributed by atoms with Crippen molar-refractivity contribution in [3.63, 3.8) is 0 Å². The third kappa shape index (κ3) is 6.23. The summed E-state index contributed by atoms with van der Waals surface area (Å²) < 4.78 is 19.7. The van der Waals surface area contributed by atoms with E-state index in [1.54, 1.807) is 12.0 Å². The van der Waals surface area contributed by atoms with Crippen molar-refractivity contribution in [1.82, 2.24) is 25.3 Å². The molecule has 3 saturated heterocycles. The van der Waals surface area contributed by atoms with E-state index in [-0.39, 0.29) is 48.3 Å². The standard InChI is InChI=1S/C38H54N6O5/c1-4-33(45)44-22-21-43(24-27(44)17-19-39)34-30-16-18-37(23-32(47-3)29-14-8-9-15-31(29)49-37)35(46)38(30,26-11-6-5-7-12-26)41-36(40-34)48-25-28-13-10-20-42(28)2/h4,8-9,14-15,26-28,30,32,34,36,40-41H,1,5-7,10-13,16-18,20-25H2,2-3H3/t27?,28?,30?,32?,34?,36?,37-,38?/m1/s1. The van der Waals surface area contributed by atoms with Crippen LogP contribution in [0, 0.1) is 23.2 Å². The molecule has 5 fully saturated rings. The minimum Gasteiger partial charge on any atom is -0.479 e. The zero-order chi connectivity index (χ0) is 34.2. The molecule has 11 nitrogen and oxygen atoms in total. The van der Waals surface area contributed by atoms with Gasteiger partial charge in [0.15, 0.2) is 17.7 Å². The van der Waals surface area contributed by atoms with Crippen LogP contribution in [0.3, 0.4) is 0 Å². The van der Waals surface area contributed by atoms with Crippen molar-refractivity contribution in [2.45, 2.75) is 112 Å². The second-order valence-electron chi connectivity index (χ2n) is 15.2. The van der Waals surface area contributed by atoms with Gasteiger partial charge in [-0.1, -0.05) is 44.0 Å². The molecular weight excluding hydrogens is 620 g/mol. The van der Waals surface area contributed by atoms with Gasteiger partial charge in [-0.05, 0) is 70.2 Å². The summed E-state index contributed by atoms with van der Waals surface area (Å²) in [7, 11) is 3.88. The molecule has 8 atom stereocenters. The van der Waals surface area contributed by atoms with E-state index in [1.807, 2.05) is 24.3 Å². The Kier molecular flexibility index (Phi) is 10.2. The van der Waals surface area contributed by atoms with E-state index >= 15 is 4.79 Å². The lowest BCUT2D eigenvalue weighted by Gasteiger charge is -2.62. The highest BCUT2D eigenvalue weighted by atomic mass is 16.5. The predicted octanol–water partition coefficient (Wildman–Crippen LogP) is 3.72. The predicted molar refractivity (Wildman–Crippen MR) is 184 cm³/mol. The van der Waals surface area contributed by atoms with Gasteiger partial charge >= 0.3 is 0 Å². The lowest BCUT2D eigenvalue weighted by atomic mass is 9.55. The smallest absolute Gasteiger partial charge is 0.246 e. The Labute approximate surface area is 291 Å². The number of likely N-dealkylation sites (tertiary alicyclic amines) is 1. The average molecular weight is 675 g/mol. The molecule has 0 bridgehead atoms. The van der Waals surface area contributed by atoms with Crippen molar-refractivity contribution in [3.8, 4) is 11.8 Å². The first kappa shape index (κ1) is 34.6. The summed E-state index contributed by atoms with van der Waals surface area (Å²) in [5.41, 5.74) is -0.915. The number of likely N-dealkylation sites (N-methyl/N-ethyl adjacent to an activating group) is 1. The topological polar surface area (TPSA) is 119 Å². The summed E-state index contributed by atoms with van der Waals surface area (Å²) in [6.45, 7) is 7.00. The molecule has 266 valence electrons. The maximum absolute atomic E-state index is 15.8. The molecule has 2 saturated carbocycles. The van der Waals surface area contributed by atoms with Gasteiger partial charge in [-0.25, -0.2) is 0 Å². The number of nitriles is 1. The number of ether oxygens (including phenoxy) is 3. The molecule has 1 amide bonds. The van der Waals surface area contributed by atoms with Crippen LogP contribution in [0.4, 0.5) is 0 Å². The molecule has 1 aromatic carbocycles. The van der Waals surface area contributed by atoms with Gasteiger partial charge in [0.1, 0.15) is 5.75 Å². The van der Waals surface area contributed by atoms with E-state index in [4.69, 9.17) is 14.2 Å². The number of benzene rings is 1. The van der Waals surface area contributed by atoms with Gasteiger partial charge in [-0.15, -0.1) is 0 Å². The van der Waals surface area contributed by atoms with Crippen molar-refractivity contribution >= 4 is 11.7 Å². The fourth-order valence-corrected chi connectivity index (χ4v) is 10.2. The Morgan fingerprint density at radius 2 is 1.94 bits per heavy atom. The van der Waals surface area contributed by atoms with E-state index in [0.29, 0.717) is 45.1 Å². The van der Waals surface area contributed by atoms with Gasteiger partial charge in [0, 0.05) is 50.7 Å². The number of nitrogens with one attached hydrogen (secondary N) is 2. The lowest BCUT2D eigenvalue weighted by molar-refractivity contribution is -0.189. The fourth-order valence-electron chi connectivity index (χ4n) is 10.2. The Morgan fingerprint density at radius 3 is 2.67 bits per heavy atom. The van der Waals surface area contributed by atoms with Crippen molar-refractivity contribution in [2.24, 2.45) is 11.8 Å². The van der Waals surface area contributed by atoms with Crippen LogP contribution in [0.2, 0.25) is 0 Å². The van der Waals surface area contributed by atoms with Gasteiger partial charge < -0.3 is 24.0 Å². The second-order valence-corrected chi connectivity index (χ2v) is 15.2. The number of hydrogen-bond donors (Lipinski definition) is 2. The molecule has 49 heavy (non-hydrogen) atoms. The summed E-state index contributed by atoms with van der Waals surface area (Å²) in [6, 6.07) is 10.4. The molecule has 7 rings (SSSR count). The van der Waals surface area contributed by atoms with E-state index < -0.39 is 17.5 Å². The van der Waals surface area contributed by atoms with Crippen LogP contribution in [0.15, 0.2) is 36.9 Å². The fraction of sp³-hybridized carbons (Fsp3) is 0.711. The normalized spacial score (nSPS) is 37.2. The average Bonchev–Trinajstić information content (AvgIpc) is 3.56. The summed E-state index contributed by atoms with van der Waals surface area (Å²) in [5, 5.41) is 17.5. The Balaban J connectivity index is 1.27. The first-order valence-electron chi connectivity index (χ1n) is 18.6. The molecular formula is C38H54N6O5. The first-order chi connectivity index (χ1) is 23.8. The molecule has 4 heterocycles. The third-order valence-corrected chi connectivity index (χ3v) is 12.7. The Hall–Kier alpha value is -2.85. The number of nitrogens with zero attached hydrogens (tertiary/aromatic N) is 4. The Morgan fingerprint density at radius 1 is 1.12 bits per heavy atom. The highest BCUT2D eigenvalue weighted by Gasteiger charge is 2.67. The molecule has 11 heteroatoms. The van der Waals surface area contributed by atoms with Gasteiger partial charge in [0.05, 0.1) is 42.9 Å². The molecule has 6 aliphatic rings. The number of ketones is 1. The molecule has 2 aliphatic carbocycles. The van der Waals surface area contributed by atoms with Crippen LogP contribution in [0.1, 0.15) is 82.3 Å². The zero-order valence-corrected chi connectivity index (χ0v) is 29.3. The highest BCUT2D eigenvalue weighted by Crippen LogP contribution is 2.54. The van der Waals surface area contributed by atoms with Crippen LogP contribution in [-0.2, 0) is 19.1 Å². The lowest BCUT2D eigenvalue weighted by Crippen LogP contribution is -2.83. The molecule has 0 aromatic heterocycles. The van der Waals surface area contributed by atoms with Crippen molar-refractivity contribution in [3.05, 3.63) is 42.5 Å². The first-order valence-corrected chi connectivity index (χ1v) is 18.6. The van der Waals surface area contributed by atoms with Crippen molar-refractivity contribution in [1.29, 1.82) is 5.26 Å². The van der Waals surface area contributed by atoms with Gasteiger partial charge in [-0.3, -0.25) is 25.1 Å². The second kappa shape index (κ2) is 14.4. The number of para-hydroxylation sites is 1. The maximum Gasteiger partial charge on any atom is 0.246 e. The van der Waals surface area contributed by atoms with Gasteiger partial charge in [0.2, 0.25) is 5.91 Å². The highest BCUT2D eigenvalue weighted by molar-refractivity contribution is 5.98. The number of piperazine rings is 1. The molecule has 7 unspecified atom stereocenters. The monoisotopic (exact) mass is 674 g/mol. The number of carbonyl (C=O) groups is 2. The third-order valence-electron chi connectivity index (χ3n) is 12.7. The quantitative estimate of drug-likeness (QED) is 0.395. The van der Waals surface area contributed by atoms with E-state index in [9.17, 15) is 10.1 Å². The SMILES string of the molecule is C=CC(=O)N1CCN(C2NC(OCC3CCCN3C)NC3(C4CCCCC4)C(=O)[C@@]4(CCC23)CC(OC)c2ccccc2O4)CC1CC#N. The number of Topliss-reactive ketones (excluding diaryl/α,β-unsaturated/α-hetero) is 1. The largest absolute Gasteiger partial charge is 0.479 e. The summed E-state index contributed by atoms with van der Waals surface area (Å²) in [6.07, 6.45) is 10.00. The van der Waals surface area contributed by atoms with E-state index in [2.05, 4.69) is 40.1 Å². The van der Waals surface area contributed by atoms with Gasteiger partial charge in [0.25, 0.3) is 0 Å². The molecule has 2 N–H and O–H groups in total. The summed E-state index contributed by atoms with van der Waals surface area (Å²) in [5.74, 6) is 0.784. The molecule has 0 radical (unpaired) electrons. The van der Waals surface area contributed by atoms with Crippen molar-refractivity contribution in [2.75, 3.05) is 46.9 Å². The number of fused-ring (bicyclic) bond motifs is 2. The molecule has 1 spiro atoms. The Bertz CT molecular complexity index is 1430. The number of hydrogen-bond acceptors (Lipinski definition) is 10. The number of rotatable bonds is 8. The summed E-state index contributed by atoms with van der Waals surface area (Å²) >= 11 is 0. The van der Waals surface area contributed by atoms with Crippen molar-refractivity contribution < 1.29 is 23.8 Å². The van der Waals surface area contributed by atoms with E-state index in [0.717, 1.165) is 62.8 Å². The van der Waals surface area contributed by atoms with E-state index in [1.165, 1.54) is 12.5 Å². The number of carbonyl (C=O) groups excluding carboxylic acids is 2. The van der Waals surface area contributed by atoms with Gasteiger partial charge in [-0.2, -0.15) is 5.26 Å². The minimum atomic E-state index is -1.02. The molecule has 1 aromatic rings. The van der Waals surface area contributed by atoms with Crippen LogP contribution < -0.4 is 15.4 Å². The van der Waals surface area contributed by atoms with Crippen LogP contribution in [-0.4, -0.2) is 109 Å². The number of methoxy groups -OCH3 is 1. The maximum atomic E-state index is 15.8. The molecule has 4 aliphatic heterocycles. The number of amides is 1. The van der Waals surface area contributed by atoms with Crippen LogP contribution in [0.5, 0.6) is 5.75 Å².